The van der Waals surface area contributed by atoms with E-state index >= 15 is 0 Å². The van der Waals surface area contributed by atoms with E-state index in [0.717, 1.165) is 0 Å². The van der Waals surface area contributed by atoms with Gasteiger partial charge in [-0.3, -0.25) is 9.35 Å². The normalized spacial score (nSPS) is 19.4. The van der Waals surface area contributed by atoms with Crippen molar-refractivity contribution < 1.29 is 44.7 Å². The van der Waals surface area contributed by atoms with E-state index in [9.17, 15) is 31.2 Å². The summed E-state index contributed by atoms with van der Waals surface area (Å²) in [5, 5.41) is 0.237. The number of hydrogen-bond acceptors (Lipinski definition) is 8. The second-order valence-electron chi connectivity index (χ2n) is 7.29. The van der Waals surface area contributed by atoms with E-state index in [4.69, 9.17) is 9.29 Å². The van der Waals surface area contributed by atoms with Gasteiger partial charge in [-0.05, 0) is 0 Å². The van der Waals surface area contributed by atoms with Crippen molar-refractivity contribution in [3.05, 3.63) is 24.0 Å². The number of benzene rings is 1. The Labute approximate surface area is 205 Å². The van der Waals surface area contributed by atoms with E-state index in [1.54, 1.807) is 4.90 Å². The van der Waals surface area contributed by atoms with Gasteiger partial charge in [0.05, 0.1) is 0 Å². The predicted molar refractivity (Wildman–Crippen MR) is 119 cm³/mol. The van der Waals surface area contributed by atoms with Crippen LogP contribution in [0.2, 0.25) is 5.21 Å². The molecule has 2 amide bonds. The van der Waals surface area contributed by atoms with Crippen LogP contribution in [0.25, 0.3) is 0 Å². The monoisotopic (exact) mass is 586 g/mol. The number of piperazine rings is 1. The molecule has 2 aliphatic rings. The van der Waals surface area contributed by atoms with Crippen molar-refractivity contribution in [2.45, 2.75) is 17.7 Å². The van der Waals surface area contributed by atoms with Gasteiger partial charge in [-0.15, -0.1) is 0 Å². The van der Waals surface area contributed by atoms with Crippen LogP contribution in [-0.4, -0.2) is 101 Å². The zero-order valence-corrected chi connectivity index (χ0v) is 21.0. The predicted octanol–water partition coefficient (Wildman–Crippen LogP) is 1.33. The van der Waals surface area contributed by atoms with Crippen LogP contribution in [0, 0.1) is 5.82 Å². The van der Waals surface area contributed by atoms with Crippen LogP contribution in [-0.2, 0) is 24.1 Å². The van der Waals surface area contributed by atoms with E-state index < -0.39 is 63.1 Å². The molecule has 0 aromatic heterocycles. The van der Waals surface area contributed by atoms with Crippen LogP contribution in [0.3, 0.4) is 0 Å². The van der Waals surface area contributed by atoms with Crippen molar-refractivity contribution in [3.8, 4) is 0 Å². The third-order valence-electron chi connectivity index (χ3n) is 5.06. The Kier molecular flexibility index (Phi) is 8.79. The van der Waals surface area contributed by atoms with Gasteiger partial charge >= 0.3 is 171 Å². The zero-order valence-electron chi connectivity index (χ0n) is 17.5. The Morgan fingerprint density at radius 3 is 2.56 bits per heavy atom. The number of alkyl halides is 2. The molecule has 187 valence electrons. The van der Waals surface area contributed by atoms with Crippen molar-refractivity contribution in [3.63, 3.8) is 0 Å². The third kappa shape index (κ3) is 7.04. The number of hydrogen-bond donors (Lipinski definition) is 1. The first-order valence-corrected chi connectivity index (χ1v) is 13.9. The van der Waals surface area contributed by atoms with Crippen molar-refractivity contribution in [2.24, 2.45) is 0 Å². The number of halogens is 3. The van der Waals surface area contributed by atoms with E-state index in [1.165, 1.54) is 28.0 Å². The molecule has 16 heteroatoms. The van der Waals surface area contributed by atoms with E-state index in [2.05, 4.69) is 16.4 Å². The number of nitrogens with zero attached hydrogens (tertiary/aromatic N) is 3. The molecule has 1 aromatic rings. The summed E-state index contributed by atoms with van der Waals surface area (Å²) in [7, 11) is -4.73. The molecular weight excluding hydrogens is 566 g/mol. The topological polar surface area (TPSA) is 117 Å². The Hall–Kier alpha value is -1.93. The molecule has 1 aromatic carbocycles. The fourth-order valence-electron chi connectivity index (χ4n) is 3.42. The molecule has 34 heavy (non-hydrogen) atoms. The van der Waals surface area contributed by atoms with Crippen molar-refractivity contribution in [1.82, 2.24) is 4.90 Å². The SMILES string of the molecule is O=C(COS(=O)(=O)O)N1CCN(c2ccc(N3C[C@@H](C[As]C(=S)C(F)F)OC3=O)cc2F)CC1. The number of amides is 2. The van der Waals surface area contributed by atoms with Gasteiger partial charge in [-0.25, -0.2) is 4.18 Å². The van der Waals surface area contributed by atoms with Crippen LogP contribution in [0.1, 0.15) is 0 Å². The summed E-state index contributed by atoms with van der Waals surface area (Å²) >= 11 is 3.66. The van der Waals surface area contributed by atoms with Gasteiger partial charge in [-0.2, -0.15) is 8.42 Å². The molecule has 1 radical (unpaired) electrons. The maximum absolute atomic E-state index is 14.9. The molecular formula is C18H20AsF3N3O7S2. The van der Waals surface area contributed by atoms with Crippen LogP contribution in [0.15, 0.2) is 18.2 Å². The fourth-order valence-corrected chi connectivity index (χ4v) is 5.55. The summed E-state index contributed by atoms with van der Waals surface area (Å²) in [5.41, 5.74) is 0.513. The molecule has 0 spiro atoms. The Morgan fingerprint density at radius 1 is 1.29 bits per heavy atom. The maximum atomic E-state index is 14.9. The minimum absolute atomic E-state index is 0.103. The molecule has 2 heterocycles. The van der Waals surface area contributed by atoms with Gasteiger partial charge in [0.25, 0.3) is 0 Å². The van der Waals surface area contributed by atoms with E-state index in [0.29, 0.717) is 0 Å². The van der Waals surface area contributed by atoms with Gasteiger partial charge in [0.2, 0.25) is 5.91 Å². The molecule has 2 saturated heterocycles. The fraction of sp³-hybridized carbons (Fsp3) is 0.500. The Balaban J connectivity index is 1.56. The summed E-state index contributed by atoms with van der Waals surface area (Å²) in [5.74, 6) is -1.24. The molecule has 0 saturated carbocycles. The number of rotatable bonds is 9. The molecule has 3 rings (SSSR count). The van der Waals surface area contributed by atoms with Gasteiger partial charge in [0, 0.05) is 0 Å². The summed E-state index contributed by atoms with van der Waals surface area (Å²) in [6, 6.07) is 4.20. The first-order chi connectivity index (χ1) is 15.9. The molecule has 2 fully saturated rings. The van der Waals surface area contributed by atoms with Crippen LogP contribution >= 0.6 is 12.2 Å². The summed E-state index contributed by atoms with van der Waals surface area (Å²) in [6.45, 7) is 0.149. The summed E-state index contributed by atoms with van der Waals surface area (Å²) in [4.78, 5) is 28.4. The molecule has 0 aliphatic carbocycles. The quantitative estimate of drug-likeness (QED) is 0.260. The Morgan fingerprint density at radius 2 is 1.97 bits per heavy atom. The molecule has 0 unspecified atom stereocenters. The van der Waals surface area contributed by atoms with Gasteiger partial charge in [0.15, 0.2) is 0 Å². The first kappa shape index (κ1) is 26.7. The van der Waals surface area contributed by atoms with Crippen LogP contribution < -0.4 is 9.80 Å². The van der Waals surface area contributed by atoms with Crippen LogP contribution in [0.5, 0.6) is 0 Å². The molecule has 1 N–H and O–H groups in total. The number of carbonyl (C=O) groups excluding carboxylic acids is 2. The van der Waals surface area contributed by atoms with Crippen molar-refractivity contribution in [1.29, 1.82) is 0 Å². The van der Waals surface area contributed by atoms with Gasteiger partial charge < -0.3 is 0 Å². The summed E-state index contributed by atoms with van der Waals surface area (Å²) in [6.07, 6.45) is -3.96. The summed E-state index contributed by atoms with van der Waals surface area (Å²) < 4.78 is 78.6. The second kappa shape index (κ2) is 11.2. The van der Waals surface area contributed by atoms with Crippen molar-refractivity contribution in [2.75, 3.05) is 49.1 Å². The molecule has 2 aliphatic heterocycles. The van der Waals surface area contributed by atoms with Gasteiger partial charge in [0.1, 0.15) is 6.61 Å². The molecule has 10 nitrogen and oxygen atoms in total. The minimum atomic E-state index is -4.73. The van der Waals surface area contributed by atoms with Crippen molar-refractivity contribution >= 4 is 65.4 Å². The second-order valence-corrected chi connectivity index (χ2v) is 11.9. The molecule has 1 atom stereocenters. The standard InChI is InChI=1S/C18H20AsF3N3O7S2/c20-13-7-11(25-9-12(32-18(25)27)8-19-16(33)17(21)22)1-2-14(13)23-3-5-24(6-4-23)15(26)10-31-34(28,29)30/h1-2,7,12,17H,3-6,8-10H2,(H,28,29,30)/t12-/m1/s1. The van der Waals surface area contributed by atoms with E-state index in [-0.39, 0.29) is 53.0 Å². The van der Waals surface area contributed by atoms with Crippen LogP contribution in [0.4, 0.5) is 29.3 Å². The third-order valence-corrected chi connectivity index (χ3v) is 8.62. The van der Waals surface area contributed by atoms with E-state index in [1.807, 2.05) is 0 Å². The number of cyclic esters (lactones) is 1. The number of anilines is 2. The average Bonchev–Trinajstić information content (AvgIpc) is 3.15. The molecule has 0 bridgehead atoms. The Bertz CT molecular complexity index is 1060. The number of carbonyl (C=O) groups is 2. The number of thiocarbonyl (C=S) groups is 1. The number of ether oxygens (including phenoxy) is 1. The van der Waals surface area contributed by atoms with Gasteiger partial charge in [-0.1, -0.05) is 0 Å². The first-order valence-electron chi connectivity index (χ1n) is 9.86. The average molecular weight is 586 g/mol. The zero-order chi connectivity index (χ0) is 25.0.